The predicted octanol–water partition coefficient (Wildman–Crippen LogP) is 2.96. The molecule has 2 aliphatic rings. The van der Waals surface area contributed by atoms with Crippen LogP contribution in [0.4, 0.5) is 0 Å². The number of ketones is 1. The van der Waals surface area contributed by atoms with Crippen LogP contribution in [0.2, 0.25) is 0 Å². The van der Waals surface area contributed by atoms with Gasteiger partial charge in [0.1, 0.15) is 5.75 Å². The first-order valence-electron chi connectivity index (χ1n) is 6.12. The number of aryl methyl sites for hydroxylation is 1. The van der Waals surface area contributed by atoms with E-state index in [-0.39, 0.29) is 17.1 Å². The SMILES string of the molecule is C[C@]12C=CC(=O)CC1c1ccc(O)cc1CC2. The average Bonchev–Trinajstić information content (AvgIpc) is 2.30. The van der Waals surface area contributed by atoms with Crippen LogP contribution >= 0.6 is 0 Å². The molecule has 2 aliphatic carbocycles. The third-order valence-electron chi connectivity index (χ3n) is 4.29. The maximum atomic E-state index is 11.6. The Morgan fingerprint density at radius 2 is 2.24 bits per heavy atom. The lowest BCUT2D eigenvalue weighted by Crippen LogP contribution is -2.33. The number of carbonyl (C=O) groups excluding carboxylic acids is 1. The predicted molar refractivity (Wildman–Crippen MR) is 66.0 cm³/mol. The molecule has 0 heterocycles. The van der Waals surface area contributed by atoms with Gasteiger partial charge in [0.25, 0.3) is 0 Å². The van der Waals surface area contributed by atoms with Gasteiger partial charge in [-0.2, -0.15) is 0 Å². The highest BCUT2D eigenvalue weighted by Crippen LogP contribution is 2.50. The van der Waals surface area contributed by atoms with E-state index in [1.54, 1.807) is 12.1 Å². The fourth-order valence-corrected chi connectivity index (χ4v) is 3.18. The number of rotatable bonds is 0. The van der Waals surface area contributed by atoms with Crippen LogP contribution in [-0.2, 0) is 11.2 Å². The molecule has 0 aliphatic heterocycles. The first kappa shape index (κ1) is 10.6. The summed E-state index contributed by atoms with van der Waals surface area (Å²) in [6.07, 6.45) is 6.46. The van der Waals surface area contributed by atoms with E-state index in [1.807, 2.05) is 12.1 Å². The molecule has 1 N–H and O–H groups in total. The molecule has 0 aromatic heterocycles. The van der Waals surface area contributed by atoms with Gasteiger partial charge in [-0.05, 0) is 47.6 Å². The monoisotopic (exact) mass is 228 g/mol. The summed E-state index contributed by atoms with van der Waals surface area (Å²) >= 11 is 0. The number of phenols is 1. The van der Waals surface area contributed by atoms with Crippen molar-refractivity contribution in [3.8, 4) is 5.75 Å². The summed E-state index contributed by atoms with van der Waals surface area (Å²) in [6.45, 7) is 2.23. The highest BCUT2D eigenvalue weighted by molar-refractivity contribution is 5.91. The van der Waals surface area contributed by atoms with Crippen LogP contribution in [0.15, 0.2) is 30.4 Å². The molecule has 1 aromatic rings. The summed E-state index contributed by atoms with van der Waals surface area (Å²) < 4.78 is 0. The van der Waals surface area contributed by atoms with E-state index in [2.05, 4.69) is 13.0 Å². The van der Waals surface area contributed by atoms with Crippen LogP contribution in [0.3, 0.4) is 0 Å². The molecular formula is C15H16O2. The van der Waals surface area contributed by atoms with Crippen molar-refractivity contribution in [1.82, 2.24) is 0 Å². The van der Waals surface area contributed by atoms with Crippen molar-refractivity contribution in [3.05, 3.63) is 41.5 Å². The second-order valence-electron chi connectivity index (χ2n) is 5.45. The largest absolute Gasteiger partial charge is 0.508 e. The zero-order valence-electron chi connectivity index (χ0n) is 9.94. The lowest BCUT2D eigenvalue weighted by Gasteiger charge is -2.42. The lowest BCUT2D eigenvalue weighted by atomic mass is 9.61. The highest BCUT2D eigenvalue weighted by atomic mass is 16.3. The molecule has 88 valence electrons. The Hall–Kier alpha value is -1.57. The molecule has 3 rings (SSSR count). The molecular weight excluding hydrogens is 212 g/mol. The molecule has 0 saturated heterocycles. The van der Waals surface area contributed by atoms with Crippen molar-refractivity contribution in [2.24, 2.45) is 5.41 Å². The topological polar surface area (TPSA) is 37.3 Å². The van der Waals surface area contributed by atoms with Gasteiger partial charge in [-0.3, -0.25) is 4.79 Å². The van der Waals surface area contributed by atoms with Crippen molar-refractivity contribution in [1.29, 1.82) is 0 Å². The minimum absolute atomic E-state index is 0.109. The van der Waals surface area contributed by atoms with Gasteiger partial charge in [0.15, 0.2) is 5.78 Å². The second-order valence-corrected chi connectivity index (χ2v) is 5.45. The van der Waals surface area contributed by atoms with E-state index in [0.29, 0.717) is 12.2 Å². The van der Waals surface area contributed by atoms with E-state index in [9.17, 15) is 9.90 Å². The zero-order valence-corrected chi connectivity index (χ0v) is 9.94. The Bertz CT molecular complexity index is 516. The number of hydrogen-bond acceptors (Lipinski definition) is 2. The van der Waals surface area contributed by atoms with Crippen molar-refractivity contribution >= 4 is 5.78 Å². The third-order valence-corrected chi connectivity index (χ3v) is 4.29. The molecule has 0 spiro atoms. The van der Waals surface area contributed by atoms with Gasteiger partial charge < -0.3 is 5.11 Å². The summed E-state index contributed by atoms with van der Waals surface area (Å²) in [4.78, 5) is 11.6. The van der Waals surface area contributed by atoms with E-state index >= 15 is 0 Å². The number of carbonyl (C=O) groups is 1. The van der Waals surface area contributed by atoms with Gasteiger partial charge in [0, 0.05) is 12.3 Å². The molecule has 0 radical (unpaired) electrons. The van der Waals surface area contributed by atoms with E-state index in [1.165, 1.54) is 11.1 Å². The minimum Gasteiger partial charge on any atom is -0.508 e. The number of aromatic hydroxyl groups is 1. The van der Waals surface area contributed by atoms with Crippen LogP contribution in [0.1, 0.15) is 36.8 Å². The number of allylic oxidation sites excluding steroid dienone is 2. The van der Waals surface area contributed by atoms with Crippen LogP contribution in [0, 0.1) is 5.41 Å². The maximum absolute atomic E-state index is 11.6. The average molecular weight is 228 g/mol. The Labute approximate surface area is 101 Å². The quantitative estimate of drug-likeness (QED) is 0.741. The number of hydrogen-bond donors (Lipinski definition) is 1. The van der Waals surface area contributed by atoms with Crippen molar-refractivity contribution in [2.75, 3.05) is 0 Å². The molecule has 0 amide bonds. The van der Waals surface area contributed by atoms with E-state index in [4.69, 9.17) is 0 Å². The van der Waals surface area contributed by atoms with Crippen molar-refractivity contribution in [3.63, 3.8) is 0 Å². The fourth-order valence-electron chi connectivity index (χ4n) is 3.18. The fraction of sp³-hybridized carbons (Fsp3) is 0.400. The third kappa shape index (κ3) is 1.59. The van der Waals surface area contributed by atoms with Gasteiger partial charge in [-0.25, -0.2) is 0 Å². The standard InChI is InChI=1S/C15H16O2/c1-15-6-4-10-8-11(16)2-3-13(10)14(15)9-12(17)5-7-15/h2-3,5,7-8,14,16H,4,6,9H2,1H3/t14?,15-/m0/s1. The number of phenolic OH excluding ortho intramolecular Hbond substituents is 1. The van der Waals surface area contributed by atoms with Crippen molar-refractivity contribution < 1.29 is 9.90 Å². The Morgan fingerprint density at radius 1 is 1.41 bits per heavy atom. The number of fused-ring (bicyclic) bond motifs is 3. The van der Waals surface area contributed by atoms with Gasteiger partial charge in [0.05, 0.1) is 0 Å². The maximum Gasteiger partial charge on any atom is 0.156 e. The Morgan fingerprint density at radius 3 is 3.06 bits per heavy atom. The van der Waals surface area contributed by atoms with Gasteiger partial charge in [0.2, 0.25) is 0 Å². The number of benzene rings is 1. The molecule has 0 saturated carbocycles. The van der Waals surface area contributed by atoms with Gasteiger partial charge >= 0.3 is 0 Å². The van der Waals surface area contributed by atoms with Crippen LogP contribution < -0.4 is 0 Å². The Balaban J connectivity index is 2.11. The van der Waals surface area contributed by atoms with Gasteiger partial charge in [-0.1, -0.05) is 19.1 Å². The highest BCUT2D eigenvalue weighted by Gasteiger charge is 2.40. The first-order valence-corrected chi connectivity index (χ1v) is 6.12. The Kier molecular flexibility index (Phi) is 2.15. The van der Waals surface area contributed by atoms with Gasteiger partial charge in [-0.15, -0.1) is 0 Å². The molecule has 1 unspecified atom stereocenters. The lowest BCUT2D eigenvalue weighted by molar-refractivity contribution is -0.116. The van der Waals surface area contributed by atoms with Crippen LogP contribution in [0.5, 0.6) is 5.75 Å². The van der Waals surface area contributed by atoms with Crippen molar-refractivity contribution in [2.45, 2.75) is 32.1 Å². The zero-order chi connectivity index (χ0) is 12.0. The summed E-state index contributed by atoms with van der Waals surface area (Å²) in [5.41, 5.74) is 2.56. The summed E-state index contributed by atoms with van der Waals surface area (Å²) in [6, 6.07) is 5.56. The summed E-state index contributed by atoms with van der Waals surface area (Å²) in [5, 5.41) is 9.52. The van der Waals surface area contributed by atoms with E-state index in [0.717, 1.165) is 12.8 Å². The molecule has 0 fully saturated rings. The minimum atomic E-state index is 0.109. The normalized spacial score (nSPS) is 30.9. The van der Waals surface area contributed by atoms with Crippen LogP contribution in [-0.4, -0.2) is 10.9 Å². The summed E-state index contributed by atoms with van der Waals surface area (Å²) in [7, 11) is 0. The smallest absolute Gasteiger partial charge is 0.156 e. The van der Waals surface area contributed by atoms with Crippen LogP contribution in [0.25, 0.3) is 0 Å². The molecule has 1 aromatic carbocycles. The molecule has 0 bridgehead atoms. The summed E-state index contributed by atoms with van der Waals surface area (Å²) in [5.74, 6) is 0.822. The molecule has 17 heavy (non-hydrogen) atoms. The molecule has 2 atom stereocenters. The second kappa shape index (κ2) is 3.46. The van der Waals surface area contributed by atoms with E-state index < -0.39 is 0 Å². The first-order chi connectivity index (χ1) is 8.08. The molecule has 2 heteroatoms. The molecule has 2 nitrogen and oxygen atoms in total.